The van der Waals surface area contributed by atoms with Crippen LogP contribution in [0.1, 0.15) is 25.7 Å². The molecule has 1 saturated heterocycles. The molecule has 0 atom stereocenters. The Balaban J connectivity index is 0.000000145. The molecular formula is C10H19NO2. The fraction of sp³-hybridized carbons (Fsp3) is 0.900. The first-order chi connectivity index (χ1) is 6.36. The van der Waals surface area contributed by atoms with Crippen LogP contribution in [0.2, 0.25) is 0 Å². The van der Waals surface area contributed by atoms with Gasteiger partial charge in [-0.25, -0.2) is 0 Å². The third kappa shape index (κ3) is 5.01. The highest BCUT2D eigenvalue weighted by molar-refractivity contribution is 5.56. The van der Waals surface area contributed by atoms with Crippen molar-refractivity contribution in [3.8, 4) is 0 Å². The van der Waals surface area contributed by atoms with Crippen LogP contribution >= 0.6 is 0 Å². The summed E-state index contributed by atoms with van der Waals surface area (Å²) in [6.45, 7) is 2.55. The SMILES string of the molecule is O=CC1CC1.OCC1CCNCC1. The minimum Gasteiger partial charge on any atom is -0.396 e. The summed E-state index contributed by atoms with van der Waals surface area (Å²) in [5.41, 5.74) is 0. The molecule has 1 heterocycles. The Kier molecular flexibility index (Phi) is 5.01. The lowest BCUT2D eigenvalue weighted by molar-refractivity contribution is -0.108. The van der Waals surface area contributed by atoms with Crippen molar-refractivity contribution in [2.45, 2.75) is 25.7 Å². The number of aliphatic hydroxyl groups is 1. The number of rotatable bonds is 2. The van der Waals surface area contributed by atoms with E-state index in [1.807, 2.05) is 0 Å². The fourth-order valence-electron chi connectivity index (χ4n) is 1.30. The zero-order valence-electron chi connectivity index (χ0n) is 8.04. The maximum atomic E-state index is 9.57. The Morgan fingerprint density at radius 1 is 1.23 bits per heavy atom. The van der Waals surface area contributed by atoms with Gasteiger partial charge < -0.3 is 15.2 Å². The molecule has 1 aliphatic heterocycles. The Labute approximate surface area is 79.5 Å². The summed E-state index contributed by atoms with van der Waals surface area (Å²) < 4.78 is 0. The third-order valence-electron chi connectivity index (χ3n) is 2.53. The zero-order chi connectivity index (χ0) is 9.52. The molecule has 0 aromatic carbocycles. The second kappa shape index (κ2) is 6.11. The molecule has 76 valence electrons. The first-order valence-corrected chi connectivity index (χ1v) is 5.13. The lowest BCUT2D eigenvalue weighted by Crippen LogP contribution is -2.29. The Morgan fingerprint density at radius 2 is 1.85 bits per heavy atom. The maximum absolute atomic E-state index is 9.57. The van der Waals surface area contributed by atoms with E-state index in [4.69, 9.17) is 5.11 Å². The second-order valence-corrected chi connectivity index (χ2v) is 3.85. The molecule has 2 fully saturated rings. The van der Waals surface area contributed by atoms with Crippen molar-refractivity contribution in [1.29, 1.82) is 0 Å². The topological polar surface area (TPSA) is 49.3 Å². The molecule has 1 saturated carbocycles. The van der Waals surface area contributed by atoms with Crippen molar-refractivity contribution in [2.75, 3.05) is 19.7 Å². The van der Waals surface area contributed by atoms with Gasteiger partial charge in [-0.15, -0.1) is 0 Å². The number of aldehydes is 1. The van der Waals surface area contributed by atoms with E-state index in [9.17, 15) is 4.79 Å². The summed E-state index contributed by atoms with van der Waals surface area (Å²) in [4.78, 5) is 9.57. The van der Waals surface area contributed by atoms with Gasteiger partial charge in [0.1, 0.15) is 6.29 Å². The molecule has 0 bridgehead atoms. The molecule has 2 rings (SSSR count). The molecular weight excluding hydrogens is 166 g/mol. The van der Waals surface area contributed by atoms with E-state index in [0.29, 0.717) is 18.4 Å². The normalized spacial score (nSPS) is 23.2. The smallest absolute Gasteiger partial charge is 0.123 e. The van der Waals surface area contributed by atoms with Gasteiger partial charge in [-0.1, -0.05) is 0 Å². The summed E-state index contributed by atoms with van der Waals surface area (Å²) >= 11 is 0. The first-order valence-electron chi connectivity index (χ1n) is 5.13. The molecule has 0 amide bonds. The summed E-state index contributed by atoms with van der Waals surface area (Å²) in [5.74, 6) is 1.03. The van der Waals surface area contributed by atoms with Crippen LogP contribution in [0.25, 0.3) is 0 Å². The number of hydrogen-bond donors (Lipinski definition) is 2. The average molecular weight is 185 g/mol. The Morgan fingerprint density at radius 3 is 2.08 bits per heavy atom. The molecule has 13 heavy (non-hydrogen) atoms. The van der Waals surface area contributed by atoms with E-state index in [0.717, 1.165) is 45.1 Å². The lowest BCUT2D eigenvalue weighted by atomic mass is 10.00. The van der Waals surface area contributed by atoms with Gasteiger partial charge in [-0.2, -0.15) is 0 Å². The maximum Gasteiger partial charge on any atom is 0.123 e. The van der Waals surface area contributed by atoms with Crippen LogP contribution < -0.4 is 5.32 Å². The van der Waals surface area contributed by atoms with Crippen molar-refractivity contribution in [2.24, 2.45) is 11.8 Å². The Hall–Kier alpha value is -0.410. The van der Waals surface area contributed by atoms with Crippen LogP contribution in [0.5, 0.6) is 0 Å². The molecule has 0 unspecified atom stereocenters. The summed E-state index contributed by atoms with van der Waals surface area (Å²) in [6, 6.07) is 0. The standard InChI is InChI=1S/C6H13NO.C4H6O/c8-5-6-1-3-7-4-2-6;5-3-4-1-2-4/h6-8H,1-5H2;3-4H,1-2H2. The summed E-state index contributed by atoms with van der Waals surface area (Å²) in [6.07, 6.45) is 5.61. The molecule has 0 spiro atoms. The van der Waals surface area contributed by atoms with Gasteiger partial charge in [0.25, 0.3) is 0 Å². The Bertz CT molecular complexity index is 140. The van der Waals surface area contributed by atoms with Gasteiger partial charge >= 0.3 is 0 Å². The van der Waals surface area contributed by atoms with Gasteiger partial charge in [0.05, 0.1) is 0 Å². The predicted molar refractivity (Wildman–Crippen MR) is 51.5 cm³/mol. The van der Waals surface area contributed by atoms with Crippen LogP contribution in [0.4, 0.5) is 0 Å². The van der Waals surface area contributed by atoms with Gasteiger partial charge in [-0.3, -0.25) is 0 Å². The van der Waals surface area contributed by atoms with E-state index in [-0.39, 0.29) is 0 Å². The van der Waals surface area contributed by atoms with E-state index in [2.05, 4.69) is 5.32 Å². The molecule has 0 aromatic heterocycles. The van der Waals surface area contributed by atoms with Crippen molar-refractivity contribution in [3.63, 3.8) is 0 Å². The molecule has 0 radical (unpaired) electrons. The monoisotopic (exact) mass is 185 g/mol. The molecule has 2 aliphatic rings. The van der Waals surface area contributed by atoms with Gasteiger partial charge in [0.15, 0.2) is 0 Å². The quantitative estimate of drug-likeness (QED) is 0.618. The van der Waals surface area contributed by atoms with E-state index >= 15 is 0 Å². The van der Waals surface area contributed by atoms with E-state index < -0.39 is 0 Å². The second-order valence-electron chi connectivity index (χ2n) is 3.85. The zero-order valence-corrected chi connectivity index (χ0v) is 8.04. The minimum atomic E-state index is 0.377. The third-order valence-corrected chi connectivity index (χ3v) is 2.53. The first kappa shape index (κ1) is 10.7. The van der Waals surface area contributed by atoms with Crippen molar-refractivity contribution >= 4 is 6.29 Å². The van der Waals surface area contributed by atoms with E-state index in [1.165, 1.54) is 0 Å². The number of nitrogens with one attached hydrogen (secondary N) is 1. The van der Waals surface area contributed by atoms with Gasteiger partial charge in [0.2, 0.25) is 0 Å². The molecule has 3 nitrogen and oxygen atoms in total. The van der Waals surface area contributed by atoms with Crippen molar-refractivity contribution < 1.29 is 9.90 Å². The number of piperidine rings is 1. The highest BCUT2D eigenvalue weighted by atomic mass is 16.3. The summed E-state index contributed by atoms with van der Waals surface area (Å²) in [7, 11) is 0. The van der Waals surface area contributed by atoms with Gasteiger partial charge in [-0.05, 0) is 44.7 Å². The van der Waals surface area contributed by atoms with Crippen molar-refractivity contribution in [3.05, 3.63) is 0 Å². The average Bonchev–Trinajstić information content (AvgIpc) is 3.03. The molecule has 1 aliphatic carbocycles. The van der Waals surface area contributed by atoms with Crippen LogP contribution in [0.15, 0.2) is 0 Å². The minimum absolute atomic E-state index is 0.377. The van der Waals surface area contributed by atoms with Crippen molar-refractivity contribution in [1.82, 2.24) is 5.32 Å². The summed E-state index contributed by atoms with van der Waals surface area (Å²) in [5, 5.41) is 11.9. The number of aliphatic hydroxyl groups excluding tert-OH is 1. The lowest BCUT2D eigenvalue weighted by Gasteiger charge is -2.19. The fourth-order valence-corrected chi connectivity index (χ4v) is 1.30. The number of carbonyl (C=O) groups is 1. The number of carbonyl (C=O) groups excluding carboxylic acids is 1. The highest BCUT2D eigenvalue weighted by Crippen LogP contribution is 2.25. The predicted octanol–water partition coefficient (Wildman–Crippen LogP) is 0.574. The van der Waals surface area contributed by atoms with Crippen LogP contribution in [-0.2, 0) is 4.79 Å². The molecule has 0 aromatic rings. The molecule has 3 heteroatoms. The largest absolute Gasteiger partial charge is 0.396 e. The highest BCUT2D eigenvalue weighted by Gasteiger charge is 2.18. The van der Waals surface area contributed by atoms with Crippen LogP contribution in [0.3, 0.4) is 0 Å². The van der Waals surface area contributed by atoms with Gasteiger partial charge in [0, 0.05) is 12.5 Å². The van der Waals surface area contributed by atoms with Crippen LogP contribution in [0, 0.1) is 11.8 Å². The molecule has 2 N–H and O–H groups in total. The van der Waals surface area contributed by atoms with Crippen LogP contribution in [-0.4, -0.2) is 31.1 Å². The van der Waals surface area contributed by atoms with E-state index in [1.54, 1.807) is 0 Å². The number of hydrogen-bond acceptors (Lipinski definition) is 3.